The zero-order chi connectivity index (χ0) is 38.9. The molecule has 2 aliphatic heterocycles. The quantitative estimate of drug-likeness (QED) is 0.193. The maximum Gasteiger partial charge on any atom is 0.413 e. The standard InChI is InChI=1S/C30H45ClN7O13PS/c1-8-47-52(43,48-9-2)30(16-45-6,26(40)36-53(7,44)35-17(3)39)46-15-20-21-22(51-29(4,5)50-21)25(49-20)38-24-19(14-32-38)23(33-27(31)34-24)37(28(41)42)18-12-10-11-13-18/h14,18,20-22,25H,8-13,15-16H2,1-7H3,(H,41,42)(H,35,36,39,40,44)/t20-,21-,22-,25-,30?,53?/m1/s1. The molecule has 0 spiro atoms. The zero-order valence-electron chi connectivity index (χ0n) is 30.4. The molecule has 296 valence electrons. The molecule has 3 fully saturated rings. The van der Waals surface area contributed by atoms with E-state index >= 15 is 0 Å². The second-order valence-electron chi connectivity index (χ2n) is 13.1. The summed E-state index contributed by atoms with van der Waals surface area (Å²) >= 11 is 6.38. The Bertz CT molecular complexity index is 1880. The van der Waals surface area contributed by atoms with Gasteiger partial charge in [0.1, 0.15) is 28.2 Å². The predicted octanol–water partition coefficient (Wildman–Crippen LogP) is 3.63. The van der Waals surface area contributed by atoms with Crippen LogP contribution in [0, 0.1) is 0 Å². The number of rotatable bonds is 15. The van der Waals surface area contributed by atoms with Gasteiger partial charge in [-0.3, -0.25) is 23.8 Å². The number of carbonyl (C=O) groups excluding carboxylic acids is 2. The van der Waals surface area contributed by atoms with E-state index < -0.39 is 84.3 Å². The van der Waals surface area contributed by atoms with Crippen molar-refractivity contribution in [3.8, 4) is 0 Å². The van der Waals surface area contributed by atoms with Gasteiger partial charge in [0.05, 0.1) is 38.0 Å². The van der Waals surface area contributed by atoms with Gasteiger partial charge in [0, 0.05) is 26.3 Å². The Hall–Kier alpha value is -2.85. The van der Waals surface area contributed by atoms with E-state index in [0.717, 1.165) is 26.0 Å². The fourth-order valence-corrected chi connectivity index (χ4v) is 10.0. The molecule has 20 nitrogen and oxygen atoms in total. The van der Waals surface area contributed by atoms with Crippen LogP contribution < -0.4 is 9.62 Å². The van der Waals surface area contributed by atoms with E-state index in [4.69, 9.17) is 44.3 Å². The number of aromatic nitrogens is 4. The molecule has 5 rings (SSSR count). The van der Waals surface area contributed by atoms with E-state index in [0.29, 0.717) is 18.2 Å². The van der Waals surface area contributed by atoms with Crippen LogP contribution in [0.2, 0.25) is 5.28 Å². The van der Waals surface area contributed by atoms with E-state index in [-0.39, 0.29) is 36.0 Å². The highest BCUT2D eigenvalue weighted by Crippen LogP contribution is 2.61. The lowest BCUT2D eigenvalue weighted by molar-refractivity contribution is -0.207. The molecule has 23 heteroatoms. The first-order valence-corrected chi connectivity index (χ1v) is 20.8. The van der Waals surface area contributed by atoms with E-state index in [1.807, 2.05) is 0 Å². The topological polar surface area (TPSA) is 241 Å². The van der Waals surface area contributed by atoms with Gasteiger partial charge < -0.3 is 37.8 Å². The molecule has 2 unspecified atom stereocenters. The van der Waals surface area contributed by atoms with Crippen LogP contribution in [-0.2, 0) is 56.8 Å². The number of halogens is 1. The van der Waals surface area contributed by atoms with Crippen LogP contribution in [0.5, 0.6) is 0 Å². The van der Waals surface area contributed by atoms with Gasteiger partial charge in [-0.15, -0.1) is 4.36 Å². The molecule has 1 saturated carbocycles. The van der Waals surface area contributed by atoms with E-state index in [9.17, 15) is 28.3 Å². The summed E-state index contributed by atoms with van der Waals surface area (Å²) in [6.07, 6.45) is 0.369. The van der Waals surface area contributed by atoms with Gasteiger partial charge in [0.25, 0.3) is 5.34 Å². The molecule has 3 aliphatic rings. The van der Waals surface area contributed by atoms with E-state index in [1.165, 1.54) is 36.7 Å². The number of ether oxygens (including phenoxy) is 5. The first kappa shape index (κ1) is 41.3. The van der Waals surface area contributed by atoms with Crippen LogP contribution in [0.4, 0.5) is 10.6 Å². The van der Waals surface area contributed by atoms with Crippen molar-refractivity contribution in [1.82, 2.24) is 24.5 Å². The van der Waals surface area contributed by atoms with Gasteiger partial charge in [0.15, 0.2) is 23.5 Å². The summed E-state index contributed by atoms with van der Waals surface area (Å²) in [5.41, 5.74) is 0.151. The molecule has 2 aromatic rings. The molecule has 0 bridgehead atoms. The fraction of sp³-hybridized carbons (Fsp3) is 0.733. The molecule has 6 atom stereocenters. The molecular formula is C30H45ClN7O13PS. The van der Waals surface area contributed by atoms with Crippen molar-refractivity contribution >= 4 is 63.9 Å². The lowest BCUT2D eigenvalue weighted by Gasteiger charge is -2.36. The minimum Gasteiger partial charge on any atom is -0.465 e. The SMILES string of the molecule is CCOP(=O)(OCC)C(COC)(OC[C@H]1O[C@@H](n2ncc3c(N(C(=O)O)C4CCCC4)nc(Cl)nc32)[C@@H]2OC(C)(C)O[C@@H]21)C(=O)N=S(C)(=O)NC(C)=O. The van der Waals surface area contributed by atoms with Crippen LogP contribution in [-0.4, -0.2) is 122 Å². The number of anilines is 1. The summed E-state index contributed by atoms with van der Waals surface area (Å²) in [5, 5.41) is 12.1. The van der Waals surface area contributed by atoms with Gasteiger partial charge in [-0.05, 0) is 52.1 Å². The molecule has 2 aromatic heterocycles. The van der Waals surface area contributed by atoms with Crippen molar-refractivity contribution in [2.24, 2.45) is 4.36 Å². The molecule has 2 N–H and O–H groups in total. The van der Waals surface area contributed by atoms with Crippen LogP contribution in [0.1, 0.15) is 66.5 Å². The Morgan fingerprint density at radius 3 is 2.42 bits per heavy atom. The van der Waals surface area contributed by atoms with Crippen molar-refractivity contribution in [2.45, 2.75) is 102 Å². The maximum atomic E-state index is 14.5. The number of methoxy groups -OCH3 is 1. The first-order valence-electron chi connectivity index (χ1n) is 16.9. The Balaban J connectivity index is 1.55. The predicted molar refractivity (Wildman–Crippen MR) is 188 cm³/mol. The van der Waals surface area contributed by atoms with Gasteiger partial charge >= 0.3 is 19.6 Å². The van der Waals surface area contributed by atoms with Crippen molar-refractivity contribution in [2.75, 3.05) is 44.7 Å². The van der Waals surface area contributed by atoms with E-state index in [1.54, 1.807) is 13.8 Å². The highest BCUT2D eigenvalue weighted by Gasteiger charge is 2.62. The zero-order valence-corrected chi connectivity index (χ0v) is 32.9. The second-order valence-corrected chi connectivity index (χ2v) is 17.6. The number of nitrogens with one attached hydrogen (secondary N) is 1. The lowest BCUT2D eigenvalue weighted by atomic mass is 10.1. The fourth-order valence-electron chi connectivity index (χ4n) is 6.79. The summed E-state index contributed by atoms with van der Waals surface area (Å²) in [7, 11) is -7.16. The number of carbonyl (C=O) groups is 3. The molecule has 53 heavy (non-hydrogen) atoms. The summed E-state index contributed by atoms with van der Waals surface area (Å²) in [5.74, 6) is -3.15. The summed E-state index contributed by atoms with van der Waals surface area (Å²) in [6, 6.07) is -0.309. The number of amides is 3. The first-order chi connectivity index (χ1) is 24.9. The van der Waals surface area contributed by atoms with Gasteiger partial charge in [-0.1, -0.05) is 12.8 Å². The van der Waals surface area contributed by atoms with Crippen molar-refractivity contribution in [1.29, 1.82) is 0 Å². The third kappa shape index (κ3) is 8.39. The Morgan fingerprint density at radius 1 is 1.19 bits per heavy atom. The molecule has 3 amide bonds. The van der Waals surface area contributed by atoms with Crippen LogP contribution >= 0.6 is 19.2 Å². The molecule has 0 aromatic carbocycles. The second kappa shape index (κ2) is 16.1. The number of hydrogen-bond acceptors (Lipinski definition) is 15. The van der Waals surface area contributed by atoms with Crippen LogP contribution in [0.25, 0.3) is 11.0 Å². The summed E-state index contributed by atoms with van der Waals surface area (Å²) in [4.78, 5) is 48.1. The van der Waals surface area contributed by atoms with Gasteiger partial charge in [-0.25, -0.2) is 13.7 Å². The molecule has 1 aliphatic carbocycles. The van der Waals surface area contributed by atoms with Crippen molar-refractivity contribution < 1.29 is 61.0 Å². The number of fused-ring (bicyclic) bond motifs is 2. The number of hydrogen-bond donors (Lipinski definition) is 2. The van der Waals surface area contributed by atoms with Gasteiger partial charge in [-0.2, -0.15) is 15.1 Å². The minimum atomic E-state index is -4.66. The summed E-state index contributed by atoms with van der Waals surface area (Å²) in [6.45, 7) is 5.83. The highest BCUT2D eigenvalue weighted by molar-refractivity contribution is 7.91. The average molecular weight is 810 g/mol. The Labute approximate surface area is 311 Å². The van der Waals surface area contributed by atoms with Crippen molar-refractivity contribution in [3.63, 3.8) is 0 Å². The average Bonchev–Trinajstić information content (AvgIpc) is 3.83. The third-order valence-electron chi connectivity index (χ3n) is 8.69. The smallest absolute Gasteiger partial charge is 0.413 e. The highest BCUT2D eigenvalue weighted by atomic mass is 35.5. The molecule has 0 radical (unpaired) electrons. The third-order valence-corrected chi connectivity index (χ3v) is 12.6. The largest absolute Gasteiger partial charge is 0.465 e. The Morgan fingerprint density at radius 2 is 1.83 bits per heavy atom. The van der Waals surface area contributed by atoms with Crippen molar-refractivity contribution in [3.05, 3.63) is 11.5 Å². The monoisotopic (exact) mass is 809 g/mol. The lowest BCUT2D eigenvalue weighted by Crippen LogP contribution is -2.49. The van der Waals surface area contributed by atoms with E-state index in [2.05, 4.69) is 24.2 Å². The molecule has 2 saturated heterocycles. The summed E-state index contributed by atoms with van der Waals surface area (Å²) < 4.78 is 76.3. The van der Waals surface area contributed by atoms with Gasteiger partial charge in [0.2, 0.25) is 11.2 Å². The molecular weight excluding hydrogens is 765 g/mol. The number of nitrogens with zero attached hydrogens (tertiary/aromatic N) is 6. The Kier molecular flexibility index (Phi) is 12.5. The number of carboxylic acid groups (broad SMARTS) is 1. The normalized spacial score (nSPS) is 25.1. The van der Waals surface area contributed by atoms with Crippen LogP contribution in [0.15, 0.2) is 10.6 Å². The maximum absolute atomic E-state index is 14.5. The van der Waals surface area contributed by atoms with Crippen LogP contribution in [0.3, 0.4) is 0 Å². The molecule has 4 heterocycles. The minimum absolute atomic E-state index is 0.0741.